The molecule has 96 valence electrons. The molecule has 0 spiro atoms. The van der Waals surface area contributed by atoms with Gasteiger partial charge in [-0.25, -0.2) is 13.4 Å². The van der Waals surface area contributed by atoms with Gasteiger partial charge >= 0.3 is 6.36 Å². The minimum absolute atomic E-state index is 0.463. The molecule has 0 fully saturated rings. The van der Waals surface area contributed by atoms with Crippen molar-refractivity contribution >= 4 is 35.7 Å². The van der Waals surface area contributed by atoms with Gasteiger partial charge in [0, 0.05) is 10.7 Å². The van der Waals surface area contributed by atoms with E-state index in [0.29, 0.717) is 6.20 Å². The van der Waals surface area contributed by atoms with Crippen LogP contribution < -0.4 is 4.74 Å². The maximum atomic E-state index is 12.9. The standard InChI is InChI=1S/C6HBrClF4NO3S/c7-3-2(17(8,14)15)1-13-5(9)4(3)16-6(10,11)12/h1H. The molecule has 0 aliphatic rings. The van der Waals surface area contributed by atoms with Gasteiger partial charge in [0.05, 0.1) is 10.7 Å². The largest absolute Gasteiger partial charge is 0.573 e. The van der Waals surface area contributed by atoms with Crippen LogP contribution in [0.4, 0.5) is 17.6 Å². The van der Waals surface area contributed by atoms with E-state index in [1.165, 1.54) is 0 Å². The van der Waals surface area contributed by atoms with Crippen LogP contribution in [0.15, 0.2) is 15.6 Å². The van der Waals surface area contributed by atoms with Crippen molar-refractivity contribution in [3.05, 3.63) is 16.6 Å². The van der Waals surface area contributed by atoms with Gasteiger partial charge in [-0.3, -0.25) is 0 Å². The molecule has 0 aliphatic carbocycles. The number of ether oxygens (including phenoxy) is 1. The van der Waals surface area contributed by atoms with Crippen LogP contribution in [-0.4, -0.2) is 19.8 Å². The molecule has 0 aromatic carbocycles. The van der Waals surface area contributed by atoms with Gasteiger partial charge in [-0.2, -0.15) is 4.39 Å². The van der Waals surface area contributed by atoms with E-state index in [2.05, 4.69) is 25.7 Å². The van der Waals surface area contributed by atoms with Crippen molar-refractivity contribution in [2.45, 2.75) is 11.3 Å². The summed E-state index contributed by atoms with van der Waals surface area (Å²) in [4.78, 5) is 1.97. The predicted octanol–water partition coefficient (Wildman–Crippen LogP) is 2.81. The fourth-order valence-electron chi connectivity index (χ4n) is 0.806. The lowest BCUT2D eigenvalue weighted by molar-refractivity contribution is -0.276. The number of rotatable bonds is 2. The van der Waals surface area contributed by atoms with Crippen molar-refractivity contribution in [1.29, 1.82) is 0 Å². The van der Waals surface area contributed by atoms with Crippen LogP contribution >= 0.6 is 26.6 Å². The van der Waals surface area contributed by atoms with E-state index in [1.807, 2.05) is 0 Å². The van der Waals surface area contributed by atoms with Crippen molar-refractivity contribution in [3.63, 3.8) is 0 Å². The van der Waals surface area contributed by atoms with E-state index in [0.717, 1.165) is 0 Å². The summed E-state index contributed by atoms with van der Waals surface area (Å²) in [6.45, 7) is 0. The monoisotopic (exact) mass is 357 g/mol. The van der Waals surface area contributed by atoms with E-state index in [4.69, 9.17) is 10.7 Å². The van der Waals surface area contributed by atoms with E-state index < -0.39 is 36.5 Å². The third-order valence-corrected chi connectivity index (χ3v) is 3.76. The molecule has 4 nitrogen and oxygen atoms in total. The summed E-state index contributed by atoms with van der Waals surface area (Å²) >= 11 is 2.45. The smallest absolute Gasteiger partial charge is 0.400 e. The Morgan fingerprint density at radius 3 is 2.35 bits per heavy atom. The Hall–Kier alpha value is -0.610. The zero-order valence-electron chi connectivity index (χ0n) is 7.43. The molecule has 0 amide bonds. The normalized spacial score (nSPS) is 12.6. The maximum Gasteiger partial charge on any atom is 0.573 e. The van der Waals surface area contributed by atoms with Crippen LogP contribution in [0.2, 0.25) is 0 Å². The quantitative estimate of drug-likeness (QED) is 0.463. The zero-order chi connectivity index (χ0) is 13.4. The van der Waals surface area contributed by atoms with Crippen LogP contribution in [0, 0.1) is 5.95 Å². The number of halogens is 6. The molecule has 17 heavy (non-hydrogen) atoms. The average molecular weight is 358 g/mol. The minimum Gasteiger partial charge on any atom is -0.400 e. The first-order chi connectivity index (χ1) is 7.52. The highest BCUT2D eigenvalue weighted by molar-refractivity contribution is 9.10. The second-order valence-electron chi connectivity index (χ2n) is 2.54. The summed E-state index contributed by atoms with van der Waals surface area (Å²) in [5, 5.41) is 0. The van der Waals surface area contributed by atoms with Crippen molar-refractivity contribution < 1.29 is 30.7 Å². The van der Waals surface area contributed by atoms with Crippen molar-refractivity contribution in [1.82, 2.24) is 4.98 Å². The number of hydrogen-bond acceptors (Lipinski definition) is 4. The minimum atomic E-state index is -5.19. The predicted molar refractivity (Wildman–Crippen MR) is 51.6 cm³/mol. The molecule has 1 heterocycles. The molecule has 0 aliphatic heterocycles. The highest BCUT2D eigenvalue weighted by Crippen LogP contribution is 2.37. The van der Waals surface area contributed by atoms with E-state index in [-0.39, 0.29) is 0 Å². The van der Waals surface area contributed by atoms with E-state index >= 15 is 0 Å². The van der Waals surface area contributed by atoms with Gasteiger partial charge in [-0.15, -0.1) is 13.2 Å². The average Bonchev–Trinajstić information content (AvgIpc) is 2.08. The van der Waals surface area contributed by atoms with Crippen LogP contribution in [0.3, 0.4) is 0 Å². The number of nitrogens with zero attached hydrogens (tertiary/aromatic N) is 1. The number of pyridine rings is 1. The third kappa shape index (κ3) is 3.68. The maximum absolute atomic E-state index is 12.9. The molecule has 1 aromatic heterocycles. The lowest BCUT2D eigenvalue weighted by atomic mass is 10.4. The fraction of sp³-hybridized carbons (Fsp3) is 0.167. The van der Waals surface area contributed by atoms with Gasteiger partial charge in [0.25, 0.3) is 15.0 Å². The first-order valence-electron chi connectivity index (χ1n) is 3.57. The summed E-state index contributed by atoms with van der Waals surface area (Å²) in [6, 6.07) is 0. The Labute approximate surface area is 105 Å². The van der Waals surface area contributed by atoms with Gasteiger partial charge in [0.15, 0.2) is 5.75 Å². The SMILES string of the molecule is O=S(=O)(Cl)c1cnc(F)c(OC(F)(F)F)c1Br. The van der Waals surface area contributed by atoms with Gasteiger partial charge < -0.3 is 4.74 Å². The van der Waals surface area contributed by atoms with Crippen molar-refractivity contribution in [2.75, 3.05) is 0 Å². The lowest BCUT2D eigenvalue weighted by Crippen LogP contribution is -2.19. The molecule has 1 rings (SSSR count). The summed E-state index contributed by atoms with van der Waals surface area (Å²) in [7, 11) is 0.523. The highest BCUT2D eigenvalue weighted by Gasteiger charge is 2.35. The number of hydrogen-bond donors (Lipinski definition) is 0. The highest BCUT2D eigenvalue weighted by atomic mass is 79.9. The molecule has 0 atom stereocenters. The number of aromatic nitrogens is 1. The molecule has 0 radical (unpaired) electrons. The van der Waals surface area contributed by atoms with Gasteiger partial charge in [-0.1, -0.05) is 0 Å². The second kappa shape index (κ2) is 4.58. The third-order valence-electron chi connectivity index (χ3n) is 1.38. The topological polar surface area (TPSA) is 56.3 Å². The Balaban J connectivity index is 3.41. The summed E-state index contributed by atoms with van der Waals surface area (Å²) in [5.41, 5.74) is 0. The first-order valence-corrected chi connectivity index (χ1v) is 6.67. The van der Waals surface area contributed by atoms with Crippen LogP contribution in [0.25, 0.3) is 0 Å². The van der Waals surface area contributed by atoms with Crippen LogP contribution in [0.5, 0.6) is 5.75 Å². The summed E-state index contributed by atoms with van der Waals surface area (Å²) in [6.07, 6.45) is -4.73. The first kappa shape index (κ1) is 14.5. The lowest BCUT2D eigenvalue weighted by Gasteiger charge is -2.11. The van der Waals surface area contributed by atoms with Gasteiger partial charge in [0.2, 0.25) is 0 Å². The van der Waals surface area contributed by atoms with E-state index in [9.17, 15) is 26.0 Å². The van der Waals surface area contributed by atoms with Crippen LogP contribution in [0.1, 0.15) is 0 Å². The molecule has 11 heteroatoms. The Morgan fingerprint density at radius 2 is 1.94 bits per heavy atom. The van der Waals surface area contributed by atoms with Crippen molar-refractivity contribution in [2.24, 2.45) is 0 Å². The summed E-state index contributed by atoms with van der Waals surface area (Å²) in [5.74, 6) is -3.03. The van der Waals surface area contributed by atoms with Gasteiger partial charge in [0.1, 0.15) is 4.90 Å². The zero-order valence-corrected chi connectivity index (χ0v) is 10.6. The molecular weight excluding hydrogens is 357 g/mol. The van der Waals surface area contributed by atoms with Crippen molar-refractivity contribution in [3.8, 4) is 5.75 Å². The molecule has 0 bridgehead atoms. The molecule has 0 unspecified atom stereocenters. The Bertz CT molecular complexity index is 547. The Kier molecular flexibility index (Phi) is 3.89. The molecule has 0 saturated carbocycles. The summed E-state index contributed by atoms with van der Waals surface area (Å²) < 4.78 is 73.0. The Morgan fingerprint density at radius 1 is 1.41 bits per heavy atom. The molecule has 0 saturated heterocycles. The van der Waals surface area contributed by atoms with Gasteiger partial charge in [-0.05, 0) is 15.9 Å². The fourth-order valence-corrected chi connectivity index (χ4v) is 2.91. The van der Waals surface area contributed by atoms with Crippen LogP contribution in [-0.2, 0) is 9.05 Å². The number of alkyl halides is 3. The molecular formula is C6HBrClF4NO3S. The van der Waals surface area contributed by atoms with E-state index in [1.54, 1.807) is 0 Å². The molecule has 1 aromatic rings. The molecule has 0 N–H and O–H groups in total. The second-order valence-corrected chi connectivity index (χ2v) is 5.87.